The first-order valence-electron chi connectivity index (χ1n) is 7.79. The van der Waals surface area contributed by atoms with E-state index in [1.165, 1.54) is 0 Å². The lowest BCUT2D eigenvalue weighted by Crippen LogP contribution is -2.36. The van der Waals surface area contributed by atoms with Gasteiger partial charge in [-0.2, -0.15) is 10.4 Å². The molecule has 1 amide bonds. The number of nitriles is 1. The van der Waals surface area contributed by atoms with E-state index in [-0.39, 0.29) is 11.9 Å². The molecule has 0 unspecified atom stereocenters. The molecule has 3 rings (SSSR count). The van der Waals surface area contributed by atoms with Crippen LogP contribution in [0.5, 0.6) is 0 Å². The summed E-state index contributed by atoms with van der Waals surface area (Å²) < 4.78 is 1.82. The van der Waals surface area contributed by atoms with E-state index in [2.05, 4.69) is 5.32 Å². The van der Waals surface area contributed by atoms with Crippen LogP contribution in [0.4, 0.5) is 5.82 Å². The highest BCUT2D eigenvalue weighted by Crippen LogP contribution is 2.35. The Morgan fingerprint density at radius 3 is 2.74 bits per heavy atom. The van der Waals surface area contributed by atoms with Gasteiger partial charge < -0.3 is 5.32 Å². The molecule has 6 heteroatoms. The van der Waals surface area contributed by atoms with Crippen LogP contribution in [0.25, 0.3) is 5.69 Å². The number of hydrogen-bond donors (Lipinski definition) is 1. The van der Waals surface area contributed by atoms with Crippen molar-refractivity contribution >= 4 is 11.7 Å². The SMILES string of the molecule is CCN1C(=O)CCc2c([C@@H](C)NC#N)nn(-c3ccccc3)c21. The van der Waals surface area contributed by atoms with Crippen LogP contribution in [0.15, 0.2) is 30.3 Å². The Morgan fingerprint density at radius 2 is 2.09 bits per heavy atom. The van der Waals surface area contributed by atoms with Crippen LogP contribution in [0.1, 0.15) is 37.6 Å². The van der Waals surface area contributed by atoms with Gasteiger partial charge in [0, 0.05) is 18.5 Å². The fourth-order valence-electron chi connectivity index (χ4n) is 3.05. The first-order valence-corrected chi connectivity index (χ1v) is 7.79. The normalized spacial score (nSPS) is 15.0. The lowest BCUT2D eigenvalue weighted by Gasteiger charge is -2.27. The van der Waals surface area contributed by atoms with E-state index in [0.717, 1.165) is 22.8 Å². The average molecular weight is 309 g/mol. The maximum Gasteiger partial charge on any atom is 0.228 e. The number of nitrogens with zero attached hydrogens (tertiary/aromatic N) is 4. The van der Waals surface area contributed by atoms with E-state index < -0.39 is 0 Å². The van der Waals surface area contributed by atoms with Crippen LogP contribution in [-0.2, 0) is 11.2 Å². The van der Waals surface area contributed by atoms with Gasteiger partial charge in [0.05, 0.1) is 17.4 Å². The second kappa shape index (κ2) is 6.13. The molecule has 0 radical (unpaired) electrons. The molecule has 1 aromatic heterocycles. The number of fused-ring (bicyclic) bond motifs is 1. The predicted molar refractivity (Wildman–Crippen MR) is 87.1 cm³/mol. The number of anilines is 1. The summed E-state index contributed by atoms with van der Waals surface area (Å²) >= 11 is 0. The molecule has 1 atom stereocenters. The quantitative estimate of drug-likeness (QED) is 0.694. The van der Waals surface area contributed by atoms with E-state index in [1.807, 2.05) is 55.1 Å². The van der Waals surface area contributed by atoms with Crippen molar-refractivity contribution in [1.29, 1.82) is 5.26 Å². The van der Waals surface area contributed by atoms with Crippen LogP contribution < -0.4 is 10.2 Å². The number of hydrogen-bond acceptors (Lipinski definition) is 4. The number of nitrogens with one attached hydrogen (secondary N) is 1. The van der Waals surface area contributed by atoms with Crippen molar-refractivity contribution in [3.05, 3.63) is 41.6 Å². The molecule has 1 aromatic carbocycles. The fourth-order valence-corrected chi connectivity index (χ4v) is 3.05. The summed E-state index contributed by atoms with van der Waals surface area (Å²) in [5.41, 5.74) is 2.79. The summed E-state index contributed by atoms with van der Waals surface area (Å²) in [5.74, 6) is 0.945. The van der Waals surface area contributed by atoms with Crippen molar-refractivity contribution in [2.75, 3.05) is 11.4 Å². The van der Waals surface area contributed by atoms with Crippen molar-refractivity contribution in [2.24, 2.45) is 0 Å². The predicted octanol–water partition coefficient (Wildman–Crippen LogP) is 2.30. The van der Waals surface area contributed by atoms with E-state index in [1.54, 1.807) is 4.90 Å². The Balaban J connectivity index is 2.20. The van der Waals surface area contributed by atoms with Crippen LogP contribution >= 0.6 is 0 Å². The highest BCUT2D eigenvalue weighted by Gasteiger charge is 2.32. The molecule has 0 saturated heterocycles. The molecule has 2 aromatic rings. The van der Waals surface area contributed by atoms with Gasteiger partial charge in [0.25, 0.3) is 0 Å². The van der Waals surface area contributed by atoms with Crippen LogP contribution in [0, 0.1) is 11.5 Å². The van der Waals surface area contributed by atoms with Gasteiger partial charge in [-0.05, 0) is 32.4 Å². The number of para-hydroxylation sites is 1. The van der Waals surface area contributed by atoms with Gasteiger partial charge in [0.1, 0.15) is 5.82 Å². The number of rotatable bonds is 4. The second-order valence-electron chi connectivity index (χ2n) is 5.55. The summed E-state index contributed by atoms with van der Waals surface area (Å²) in [7, 11) is 0. The standard InChI is InChI=1S/C17H19N5O/c1-3-21-15(23)10-9-14-16(12(2)19-11-18)20-22(17(14)21)13-7-5-4-6-8-13/h4-8,12,19H,3,9-10H2,1-2H3/t12-/m1/s1. The highest BCUT2D eigenvalue weighted by molar-refractivity contribution is 5.96. The molecule has 118 valence electrons. The largest absolute Gasteiger partial charge is 0.315 e. The molecule has 0 saturated carbocycles. The van der Waals surface area contributed by atoms with Crippen molar-refractivity contribution < 1.29 is 4.79 Å². The van der Waals surface area contributed by atoms with Gasteiger partial charge in [0.2, 0.25) is 5.91 Å². The summed E-state index contributed by atoms with van der Waals surface area (Å²) in [4.78, 5) is 14.1. The Morgan fingerprint density at radius 1 is 1.35 bits per heavy atom. The third kappa shape index (κ3) is 2.55. The lowest BCUT2D eigenvalue weighted by atomic mass is 10.0. The zero-order valence-electron chi connectivity index (χ0n) is 13.3. The smallest absolute Gasteiger partial charge is 0.228 e. The Labute approximate surface area is 135 Å². The van der Waals surface area contributed by atoms with Crippen molar-refractivity contribution in [3.63, 3.8) is 0 Å². The van der Waals surface area contributed by atoms with E-state index in [0.29, 0.717) is 19.4 Å². The van der Waals surface area contributed by atoms with E-state index >= 15 is 0 Å². The molecule has 2 heterocycles. The van der Waals surface area contributed by atoms with Crippen LogP contribution in [-0.4, -0.2) is 22.2 Å². The molecule has 1 N–H and O–H groups in total. The van der Waals surface area contributed by atoms with Gasteiger partial charge >= 0.3 is 0 Å². The first-order chi connectivity index (χ1) is 11.2. The maximum absolute atomic E-state index is 12.3. The topological polar surface area (TPSA) is 74.0 Å². The van der Waals surface area contributed by atoms with Gasteiger partial charge in [-0.1, -0.05) is 18.2 Å². The second-order valence-corrected chi connectivity index (χ2v) is 5.55. The maximum atomic E-state index is 12.3. The Hall–Kier alpha value is -2.81. The molecule has 0 spiro atoms. The minimum absolute atomic E-state index is 0.115. The van der Waals surface area contributed by atoms with Crippen LogP contribution in [0.3, 0.4) is 0 Å². The summed E-state index contributed by atoms with van der Waals surface area (Å²) in [6.07, 6.45) is 3.11. The summed E-state index contributed by atoms with van der Waals surface area (Å²) in [6, 6.07) is 9.58. The number of carbonyl (C=O) groups is 1. The zero-order valence-corrected chi connectivity index (χ0v) is 13.3. The molecule has 0 bridgehead atoms. The fraction of sp³-hybridized carbons (Fsp3) is 0.353. The summed E-state index contributed by atoms with van der Waals surface area (Å²) in [5, 5.41) is 16.4. The number of carbonyl (C=O) groups excluding carboxylic acids is 1. The monoisotopic (exact) mass is 309 g/mol. The van der Waals surface area contributed by atoms with Crippen molar-refractivity contribution in [2.45, 2.75) is 32.7 Å². The van der Waals surface area contributed by atoms with Crippen molar-refractivity contribution in [3.8, 4) is 11.9 Å². The van der Waals surface area contributed by atoms with Crippen molar-refractivity contribution in [1.82, 2.24) is 15.1 Å². The van der Waals surface area contributed by atoms with Gasteiger partial charge in [-0.3, -0.25) is 9.69 Å². The Bertz CT molecular complexity index is 759. The minimum Gasteiger partial charge on any atom is -0.315 e. The number of amides is 1. The highest BCUT2D eigenvalue weighted by atomic mass is 16.2. The zero-order chi connectivity index (χ0) is 16.4. The number of aromatic nitrogens is 2. The molecule has 1 aliphatic rings. The van der Waals surface area contributed by atoms with Gasteiger partial charge in [-0.25, -0.2) is 4.68 Å². The number of benzene rings is 1. The first kappa shape index (κ1) is 15.1. The molecular weight excluding hydrogens is 290 g/mol. The molecular formula is C17H19N5O. The third-order valence-electron chi connectivity index (χ3n) is 4.14. The van der Waals surface area contributed by atoms with Crippen LogP contribution in [0.2, 0.25) is 0 Å². The molecule has 1 aliphatic heterocycles. The lowest BCUT2D eigenvalue weighted by molar-refractivity contribution is -0.118. The average Bonchev–Trinajstić information content (AvgIpc) is 2.95. The molecule has 6 nitrogen and oxygen atoms in total. The van der Waals surface area contributed by atoms with E-state index in [9.17, 15) is 4.79 Å². The molecule has 23 heavy (non-hydrogen) atoms. The van der Waals surface area contributed by atoms with Gasteiger partial charge in [-0.15, -0.1) is 0 Å². The third-order valence-corrected chi connectivity index (χ3v) is 4.14. The van der Waals surface area contributed by atoms with E-state index in [4.69, 9.17) is 10.4 Å². The van der Waals surface area contributed by atoms with Gasteiger partial charge in [0.15, 0.2) is 6.19 Å². The Kier molecular flexibility index (Phi) is 4.02. The molecule has 0 aliphatic carbocycles. The minimum atomic E-state index is -0.189. The molecule has 0 fully saturated rings. The summed E-state index contributed by atoms with van der Waals surface area (Å²) in [6.45, 7) is 4.48.